The molecule has 0 unspecified atom stereocenters. The first-order valence-corrected chi connectivity index (χ1v) is 9.44. The average molecular weight is 401 g/mol. The van der Waals surface area contributed by atoms with Crippen molar-refractivity contribution in [3.05, 3.63) is 95.9 Å². The highest BCUT2D eigenvalue weighted by atomic mass is 19.1. The van der Waals surface area contributed by atoms with Crippen molar-refractivity contribution in [3.8, 4) is 0 Å². The number of anilines is 3. The van der Waals surface area contributed by atoms with Crippen molar-refractivity contribution in [2.45, 2.75) is 0 Å². The quantitative estimate of drug-likeness (QED) is 0.648. The predicted molar refractivity (Wildman–Crippen MR) is 117 cm³/mol. The Morgan fingerprint density at radius 2 is 1.43 bits per heavy atom. The first kappa shape index (κ1) is 19.4. The van der Waals surface area contributed by atoms with E-state index in [0.29, 0.717) is 16.9 Å². The molecule has 3 aromatic carbocycles. The van der Waals surface area contributed by atoms with Crippen molar-refractivity contribution in [1.82, 2.24) is 0 Å². The highest BCUT2D eigenvalue weighted by Crippen LogP contribution is 2.34. The third-order valence-electron chi connectivity index (χ3n) is 4.88. The number of nitrogens with one attached hydrogen (secondary N) is 1. The summed E-state index contributed by atoms with van der Waals surface area (Å²) in [4.78, 5) is 29.6. The lowest BCUT2D eigenvalue weighted by atomic mass is 10.0. The minimum Gasteiger partial charge on any atom is -0.378 e. The van der Waals surface area contributed by atoms with Gasteiger partial charge in [0, 0.05) is 25.5 Å². The SMILES string of the molecule is CN(C)c1ccc(NC2=C(c3ccc(F)cc3)C(=O)N(c3ccccc3)C2=O)cc1. The van der Waals surface area contributed by atoms with E-state index < -0.39 is 17.6 Å². The summed E-state index contributed by atoms with van der Waals surface area (Å²) in [6.45, 7) is 0. The summed E-state index contributed by atoms with van der Waals surface area (Å²) >= 11 is 0. The first-order chi connectivity index (χ1) is 14.5. The second-order valence-corrected chi connectivity index (χ2v) is 7.10. The molecule has 0 fully saturated rings. The maximum absolute atomic E-state index is 13.4. The lowest BCUT2D eigenvalue weighted by Crippen LogP contribution is -2.32. The number of nitrogens with zero attached hydrogens (tertiary/aromatic N) is 2. The molecule has 1 aliphatic heterocycles. The summed E-state index contributed by atoms with van der Waals surface area (Å²) in [6, 6.07) is 21.8. The fourth-order valence-electron chi connectivity index (χ4n) is 3.33. The second kappa shape index (κ2) is 7.83. The minimum absolute atomic E-state index is 0.160. The topological polar surface area (TPSA) is 52.7 Å². The smallest absolute Gasteiger partial charge is 0.282 e. The number of imide groups is 1. The molecule has 0 saturated carbocycles. The van der Waals surface area contributed by atoms with Gasteiger partial charge < -0.3 is 10.2 Å². The maximum atomic E-state index is 13.4. The molecule has 150 valence electrons. The van der Waals surface area contributed by atoms with Crippen LogP contribution in [0.4, 0.5) is 21.5 Å². The van der Waals surface area contributed by atoms with Gasteiger partial charge in [0.15, 0.2) is 0 Å². The number of carbonyl (C=O) groups excluding carboxylic acids is 2. The summed E-state index contributed by atoms with van der Waals surface area (Å²) in [5.74, 6) is -1.32. The number of amides is 2. The molecule has 0 saturated heterocycles. The van der Waals surface area contributed by atoms with Crippen LogP contribution in [0.1, 0.15) is 5.56 Å². The lowest BCUT2D eigenvalue weighted by molar-refractivity contribution is -0.120. The van der Waals surface area contributed by atoms with Crippen molar-refractivity contribution in [2.24, 2.45) is 0 Å². The molecule has 6 heteroatoms. The van der Waals surface area contributed by atoms with Crippen LogP contribution in [-0.2, 0) is 9.59 Å². The van der Waals surface area contributed by atoms with Crippen LogP contribution in [0.5, 0.6) is 0 Å². The fraction of sp³-hybridized carbons (Fsp3) is 0.0833. The summed E-state index contributed by atoms with van der Waals surface area (Å²) in [7, 11) is 3.88. The summed E-state index contributed by atoms with van der Waals surface area (Å²) in [5.41, 5.74) is 3.00. The Morgan fingerprint density at radius 3 is 2.03 bits per heavy atom. The molecule has 2 amide bonds. The molecule has 0 radical (unpaired) electrons. The second-order valence-electron chi connectivity index (χ2n) is 7.10. The van der Waals surface area contributed by atoms with E-state index in [1.54, 1.807) is 24.3 Å². The zero-order valence-corrected chi connectivity index (χ0v) is 16.6. The number of hydrogen-bond acceptors (Lipinski definition) is 4. The van der Waals surface area contributed by atoms with Crippen molar-refractivity contribution >= 4 is 34.4 Å². The van der Waals surface area contributed by atoms with E-state index in [9.17, 15) is 14.0 Å². The Kier molecular flexibility index (Phi) is 5.06. The molecule has 0 atom stereocenters. The Labute approximate surface area is 174 Å². The normalized spacial score (nSPS) is 13.8. The molecule has 3 aromatic rings. The standard InChI is InChI=1S/C24H20FN3O2/c1-27(2)19-14-12-18(13-15-19)26-22-21(16-8-10-17(25)11-9-16)23(29)28(24(22)30)20-6-4-3-5-7-20/h3-15,26H,1-2H3. The van der Waals surface area contributed by atoms with Crippen LogP contribution in [-0.4, -0.2) is 25.9 Å². The van der Waals surface area contributed by atoms with E-state index in [-0.39, 0.29) is 11.3 Å². The van der Waals surface area contributed by atoms with Gasteiger partial charge in [0.25, 0.3) is 11.8 Å². The molecule has 0 aliphatic carbocycles. The van der Waals surface area contributed by atoms with Crippen molar-refractivity contribution in [3.63, 3.8) is 0 Å². The molecule has 30 heavy (non-hydrogen) atoms. The molecule has 0 spiro atoms. The predicted octanol–water partition coefficient (Wildman–Crippen LogP) is 4.29. The highest BCUT2D eigenvalue weighted by molar-refractivity contribution is 6.46. The van der Waals surface area contributed by atoms with Gasteiger partial charge in [-0.2, -0.15) is 0 Å². The van der Waals surface area contributed by atoms with Crippen molar-refractivity contribution < 1.29 is 14.0 Å². The van der Waals surface area contributed by atoms with Gasteiger partial charge in [0.1, 0.15) is 11.5 Å². The van der Waals surface area contributed by atoms with Gasteiger partial charge in [0.05, 0.1) is 11.3 Å². The zero-order chi connectivity index (χ0) is 21.3. The third-order valence-corrected chi connectivity index (χ3v) is 4.88. The Balaban J connectivity index is 1.77. The fourth-order valence-corrected chi connectivity index (χ4v) is 3.33. The van der Waals surface area contributed by atoms with Gasteiger partial charge in [0.2, 0.25) is 0 Å². The maximum Gasteiger partial charge on any atom is 0.282 e. The number of halogens is 1. The molecule has 4 rings (SSSR count). The van der Waals surface area contributed by atoms with E-state index in [1.807, 2.05) is 49.3 Å². The molecule has 5 nitrogen and oxygen atoms in total. The molecule has 1 aliphatic rings. The minimum atomic E-state index is -0.456. The number of hydrogen-bond donors (Lipinski definition) is 1. The van der Waals surface area contributed by atoms with Crippen LogP contribution in [0.15, 0.2) is 84.6 Å². The molecule has 1 heterocycles. The third kappa shape index (κ3) is 3.55. The van der Waals surface area contributed by atoms with Gasteiger partial charge in [-0.15, -0.1) is 0 Å². The van der Waals surface area contributed by atoms with Gasteiger partial charge in [-0.3, -0.25) is 9.59 Å². The van der Waals surface area contributed by atoms with Gasteiger partial charge in [-0.1, -0.05) is 30.3 Å². The van der Waals surface area contributed by atoms with Gasteiger partial charge in [-0.05, 0) is 54.1 Å². The molecule has 0 aromatic heterocycles. The summed E-state index contributed by atoms with van der Waals surface area (Å²) in [5, 5.41) is 3.11. The van der Waals surface area contributed by atoms with E-state index in [2.05, 4.69) is 5.32 Å². The Bertz CT molecular complexity index is 1120. The van der Waals surface area contributed by atoms with E-state index >= 15 is 0 Å². The van der Waals surface area contributed by atoms with E-state index in [0.717, 1.165) is 10.6 Å². The Hall–Kier alpha value is -3.93. The van der Waals surface area contributed by atoms with Crippen LogP contribution < -0.4 is 15.1 Å². The van der Waals surface area contributed by atoms with Gasteiger partial charge >= 0.3 is 0 Å². The molecular weight excluding hydrogens is 381 g/mol. The number of benzene rings is 3. The van der Waals surface area contributed by atoms with Crippen LogP contribution in [0.3, 0.4) is 0 Å². The Morgan fingerprint density at radius 1 is 0.800 bits per heavy atom. The van der Waals surface area contributed by atoms with E-state index in [4.69, 9.17) is 0 Å². The number of rotatable bonds is 5. The van der Waals surface area contributed by atoms with Crippen molar-refractivity contribution in [2.75, 3.05) is 29.2 Å². The van der Waals surface area contributed by atoms with Crippen LogP contribution in [0.25, 0.3) is 5.57 Å². The van der Waals surface area contributed by atoms with E-state index in [1.165, 1.54) is 24.3 Å². The van der Waals surface area contributed by atoms with Crippen LogP contribution in [0.2, 0.25) is 0 Å². The largest absolute Gasteiger partial charge is 0.378 e. The molecule has 1 N–H and O–H groups in total. The molecule has 0 bridgehead atoms. The average Bonchev–Trinajstić information content (AvgIpc) is 2.99. The summed E-state index contributed by atoms with van der Waals surface area (Å²) in [6.07, 6.45) is 0. The van der Waals surface area contributed by atoms with Crippen LogP contribution >= 0.6 is 0 Å². The van der Waals surface area contributed by atoms with Crippen molar-refractivity contribution in [1.29, 1.82) is 0 Å². The van der Waals surface area contributed by atoms with Crippen LogP contribution in [0, 0.1) is 5.82 Å². The molecular formula is C24H20FN3O2. The first-order valence-electron chi connectivity index (χ1n) is 9.44. The number of para-hydroxylation sites is 1. The summed E-state index contributed by atoms with van der Waals surface area (Å²) < 4.78 is 13.4. The number of carbonyl (C=O) groups is 2. The zero-order valence-electron chi connectivity index (χ0n) is 16.6. The monoisotopic (exact) mass is 401 g/mol. The lowest BCUT2D eigenvalue weighted by Gasteiger charge is -2.15. The van der Waals surface area contributed by atoms with Gasteiger partial charge in [-0.25, -0.2) is 9.29 Å². The highest BCUT2D eigenvalue weighted by Gasteiger charge is 2.40.